The summed E-state index contributed by atoms with van der Waals surface area (Å²) < 4.78 is 41.9. The second kappa shape index (κ2) is 15.8. The summed E-state index contributed by atoms with van der Waals surface area (Å²) in [7, 11) is -3.85. The zero-order chi connectivity index (χ0) is 34.9. The topological polar surface area (TPSA) is 99.5 Å². The molecule has 0 aliphatic carbocycles. The van der Waals surface area contributed by atoms with Crippen molar-refractivity contribution in [3.8, 4) is 0 Å². The monoisotopic (exact) mass is 699 g/mol. The minimum atomic E-state index is -3.85. The fourth-order valence-corrected chi connectivity index (χ4v) is 7.31. The molecule has 0 fully saturated rings. The number of carbonyl (C=O) groups is 1. The van der Waals surface area contributed by atoms with E-state index in [0.717, 1.165) is 22.4 Å². The molecule has 49 heavy (non-hydrogen) atoms. The smallest absolute Gasteiger partial charge is 0.430 e. The highest BCUT2D eigenvalue weighted by Crippen LogP contribution is 2.40. The van der Waals surface area contributed by atoms with Crippen LogP contribution in [0.1, 0.15) is 61.6 Å². The average Bonchev–Trinajstić information content (AvgIpc) is 3.54. The van der Waals surface area contributed by atoms with Crippen LogP contribution < -0.4 is 4.72 Å². The first kappa shape index (κ1) is 35.9. The molecule has 0 amide bonds. The molecule has 0 aliphatic rings. The van der Waals surface area contributed by atoms with E-state index in [1.54, 1.807) is 45.0 Å². The van der Waals surface area contributed by atoms with Crippen molar-refractivity contribution in [2.24, 2.45) is 0 Å². The number of sulfonamides is 1. The van der Waals surface area contributed by atoms with Gasteiger partial charge in [-0.1, -0.05) is 121 Å². The third-order valence-electron chi connectivity index (χ3n) is 8.06. The Bertz CT molecular complexity index is 1810. The van der Waals surface area contributed by atoms with Gasteiger partial charge < -0.3 is 14.0 Å². The summed E-state index contributed by atoms with van der Waals surface area (Å²) in [6.07, 6.45) is 3.35. The largest absolute Gasteiger partial charge is 0.509 e. The van der Waals surface area contributed by atoms with Crippen molar-refractivity contribution in [2.45, 2.75) is 63.8 Å². The molecule has 0 radical (unpaired) electrons. The Morgan fingerprint density at radius 1 is 0.837 bits per heavy atom. The molecule has 0 bridgehead atoms. The molecule has 1 N–H and O–H groups in total. The Kier molecular flexibility index (Phi) is 11.6. The first-order valence-corrected chi connectivity index (χ1v) is 18.3. The number of hydrogen-bond donors (Lipinski definition) is 1. The number of ether oxygens (including phenoxy) is 2. The Morgan fingerprint density at radius 3 is 1.90 bits per heavy atom. The predicted octanol–water partition coefficient (Wildman–Crippen LogP) is 8.14. The van der Waals surface area contributed by atoms with Gasteiger partial charge in [0.25, 0.3) is 0 Å². The zero-order valence-electron chi connectivity index (χ0n) is 28.0. The van der Waals surface area contributed by atoms with Gasteiger partial charge in [-0.15, -0.1) is 0 Å². The zero-order valence-corrected chi connectivity index (χ0v) is 29.5. The first-order chi connectivity index (χ1) is 23.5. The number of hydrogen-bond acceptors (Lipinski definition) is 6. The third-order valence-corrected chi connectivity index (χ3v) is 9.82. The molecule has 8 nitrogen and oxygen atoms in total. The van der Waals surface area contributed by atoms with Crippen LogP contribution >= 0.6 is 11.6 Å². The van der Waals surface area contributed by atoms with E-state index in [-0.39, 0.29) is 13.0 Å². The standard InChI is InChI=1S/C39H42ClN3O5S/c1-38(2,3)48-37(44)47-35(28-49(45,46)42-26-30-16-13-14-25-36(30)40)24-15-23-34-27-43(29-41-34)39(31-17-7-4-8-18-31,32-19-9-5-10-20-32)33-21-11-6-12-22-33/h4-14,16-22,25,27,29,35,42H,15,23-24,26,28H2,1-3H3. The molecule has 256 valence electrons. The van der Waals surface area contributed by atoms with E-state index in [9.17, 15) is 13.2 Å². The van der Waals surface area contributed by atoms with Crippen LogP contribution in [0.15, 0.2) is 128 Å². The van der Waals surface area contributed by atoms with Crippen molar-refractivity contribution in [3.63, 3.8) is 0 Å². The van der Waals surface area contributed by atoms with Gasteiger partial charge in [-0.05, 0) is 68.4 Å². The molecule has 0 aliphatic heterocycles. The summed E-state index contributed by atoms with van der Waals surface area (Å²) in [6.45, 7) is 5.19. The highest BCUT2D eigenvalue weighted by Gasteiger charge is 2.38. The molecular formula is C39H42ClN3O5S. The predicted molar refractivity (Wildman–Crippen MR) is 193 cm³/mol. The van der Waals surface area contributed by atoms with Gasteiger partial charge in [0, 0.05) is 17.8 Å². The number of halogens is 1. The molecule has 1 atom stereocenters. The van der Waals surface area contributed by atoms with Gasteiger partial charge in [-0.25, -0.2) is 22.9 Å². The van der Waals surface area contributed by atoms with Gasteiger partial charge in [0.1, 0.15) is 23.0 Å². The van der Waals surface area contributed by atoms with E-state index in [4.69, 9.17) is 26.1 Å². The molecule has 4 aromatic carbocycles. The summed E-state index contributed by atoms with van der Waals surface area (Å²) in [5.74, 6) is -0.426. The highest BCUT2D eigenvalue weighted by atomic mass is 35.5. The molecule has 1 heterocycles. The normalized spacial score (nSPS) is 12.7. The van der Waals surface area contributed by atoms with Gasteiger partial charge in [0.05, 0.1) is 12.0 Å². The molecule has 0 spiro atoms. The number of imidazole rings is 1. The summed E-state index contributed by atoms with van der Waals surface area (Å²) in [6, 6.07) is 38.0. The maximum atomic E-state index is 13.1. The van der Waals surface area contributed by atoms with E-state index in [2.05, 4.69) is 45.7 Å². The molecule has 5 rings (SSSR count). The fourth-order valence-electron chi connectivity index (χ4n) is 5.89. The van der Waals surface area contributed by atoms with Crippen molar-refractivity contribution in [3.05, 3.63) is 161 Å². The van der Waals surface area contributed by atoms with Crippen LogP contribution in [-0.4, -0.2) is 41.6 Å². The van der Waals surface area contributed by atoms with Crippen LogP contribution in [0.5, 0.6) is 0 Å². The number of carbonyl (C=O) groups excluding carboxylic acids is 1. The van der Waals surface area contributed by atoms with Crippen molar-refractivity contribution < 1.29 is 22.7 Å². The van der Waals surface area contributed by atoms with E-state index in [1.165, 1.54) is 0 Å². The Labute approximate surface area is 294 Å². The maximum Gasteiger partial charge on any atom is 0.509 e. The summed E-state index contributed by atoms with van der Waals surface area (Å²) in [4.78, 5) is 17.4. The van der Waals surface area contributed by atoms with Gasteiger partial charge >= 0.3 is 6.16 Å². The molecule has 0 saturated heterocycles. The van der Waals surface area contributed by atoms with Gasteiger partial charge in [0.15, 0.2) is 0 Å². The Morgan fingerprint density at radius 2 is 1.37 bits per heavy atom. The SMILES string of the molecule is CC(C)(C)OC(=O)OC(CCCc1cn(C(c2ccccc2)(c2ccccc2)c2ccccc2)cn1)CS(=O)(=O)NCc1ccccc1Cl. The molecule has 1 aromatic heterocycles. The molecule has 1 unspecified atom stereocenters. The summed E-state index contributed by atoms with van der Waals surface area (Å²) >= 11 is 6.22. The van der Waals surface area contributed by atoms with Crippen LogP contribution in [0.25, 0.3) is 0 Å². The van der Waals surface area contributed by atoms with E-state index in [0.29, 0.717) is 23.4 Å². The number of nitrogens with zero attached hydrogens (tertiary/aromatic N) is 2. The molecule has 5 aromatic rings. The minimum absolute atomic E-state index is 0.0184. The van der Waals surface area contributed by atoms with Crippen molar-refractivity contribution in [2.75, 3.05) is 5.75 Å². The molecule has 10 heteroatoms. The van der Waals surface area contributed by atoms with Crippen LogP contribution in [0.4, 0.5) is 4.79 Å². The lowest BCUT2D eigenvalue weighted by atomic mass is 9.77. The van der Waals surface area contributed by atoms with Gasteiger partial charge in [-0.2, -0.15) is 0 Å². The van der Waals surface area contributed by atoms with Crippen LogP contribution in [0.3, 0.4) is 0 Å². The maximum absolute atomic E-state index is 13.1. The number of nitrogens with one attached hydrogen (secondary N) is 1. The molecule has 0 saturated carbocycles. The van der Waals surface area contributed by atoms with E-state index in [1.807, 2.05) is 67.1 Å². The fraction of sp³-hybridized carbons (Fsp3) is 0.282. The second-order valence-corrected chi connectivity index (χ2v) is 15.1. The Hall–Kier alpha value is -4.44. The van der Waals surface area contributed by atoms with Crippen LogP contribution in [0.2, 0.25) is 5.02 Å². The van der Waals surface area contributed by atoms with E-state index >= 15 is 0 Å². The Balaban J connectivity index is 1.37. The number of aryl methyl sites for hydroxylation is 1. The lowest BCUT2D eigenvalue weighted by Gasteiger charge is -2.37. The minimum Gasteiger partial charge on any atom is -0.430 e. The number of aromatic nitrogens is 2. The van der Waals surface area contributed by atoms with Crippen LogP contribution in [-0.2, 0) is 38.0 Å². The second-order valence-electron chi connectivity index (χ2n) is 12.9. The summed E-state index contributed by atoms with van der Waals surface area (Å²) in [5, 5.41) is 0.460. The van der Waals surface area contributed by atoms with Crippen molar-refractivity contribution >= 4 is 27.8 Å². The van der Waals surface area contributed by atoms with Crippen LogP contribution in [0, 0.1) is 0 Å². The number of rotatable bonds is 14. The average molecular weight is 700 g/mol. The molecular weight excluding hydrogens is 658 g/mol. The van der Waals surface area contributed by atoms with Gasteiger partial charge in [-0.3, -0.25) is 0 Å². The van der Waals surface area contributed by atoms with Crippen molar-refractivity contribution in [1.82, 2.24) is 14.3 Å². The number of benzene rings is 4. The lowest BCUT2D eigenvalue weighted by molar-refractivity contribution is -0.0242. The lowest BCUT2D eigenvalue weighted by Crippen LogP contribution is -2.37. The van der Waals surface area contributed by atoms with Crippen molar-refractivity contribution in [1.29, 1.82) is 0 Å². The van der Waals surface area contributed by atoms with Gasteiger partial charge in [0.2, 0.25) is 10.0 Å². The summed E-state index contributed by atoms with van der Waals surface area (Å²) in [5.41, 5.74) is 3.22. The van der Waals surface area contributed by atoms with E-state index < -0.39 is 39.2 Å². The first-order valence-electron chi connectivity index (χ1n) is 16.3. The highest BCUT2D eigenvalue weighted by molar-refractivity contribution is 7.89. The quantitative estimate of drug-likeness (QED) is 0.0928. The third kappa shape index (κ3) is 9.38.